The molecule has 0 aliphatic heterocycles. The summed E-state index contributed by atoms with van der Waals surface area (Å²) in [6.45, 7) is 2.57. The first-order valence-corrected chi connectivity index (χ1v) is 6.19. The van der Waals surface area contributed by atoms with Crippen LogP contribution in [0.3, 0.4) is 0 Å². The molecule has 0 aliphatic carbocycles. The topological polar surface area (TPSA) is 48.1 Å². The van der Waals surface area contributed by atoms with Crippen molar-refractivity contribution in [3.8, 4) is 5.88 Å². The summed E-state index contributed by atoms with van der Waals surface area (Å²) in [5.74, 6) is 0.662. The fourth-order valence-corrected chi connectivity index (χ4v) is 1.84. The van der Waals surface area contributed by atoms with Crippen molar-refractivity contribution in [3.63, 3.8) is 0 Å². The lowest BCUT2D eigenvalue weighted by Crippen LogP contribution is -2.14. The minimum absolute atomic E-state index is 0.0319. The summed E-state index contributed by atoms with van der Waals surface area (Å²) in [5, 5.41) is 0. The number of ether oxygens (including phenoxy) is 1. The highest BCUT2D eigenvalue weighted by atomic mass is 16.5. The van der Waals surface area contributed by atoms with Crippen LogP contribution >= 0.6 is 0 Å². The summed E-state index contributed by atoms with van der Waals surface area (Å²) in [4.78, 5) is 4.43. The van der Waals surface area contributed by atoms with Crippen molar-refractivity contribution in [2.24, 2.45) is 5.73 Å². The second-order valence-corrected chi connectivity index (χ2v) is 4.12. The maximum absolute atomic E-state index is 6.17. The average Bonchev–Trinajstić information content (AvgIpc) is 2.40. The van der Waals surface area contributed by atoms with E-state index in [1.54, 1.807) is 0 Å². The van der Waals surface area contributed by atoms with Gasteiger partial charge in [0.25, 0.3) is 0 Å². The fraction of sp³-hybridized carbons (Fsp3) is 0.267. The molecule has 0 amide bonds. The Balaban J connectivity index is 2.07. The zero-order chi connectivity index (χ0) is 12.8. The van der Waals surface area contributed by atoms with Gasteiger partial charge >= 0.3 is 0 Å². The number of rotatable bonds is 5. The molecule has 1 heterocycles. The van der Waals surface area contributed by atoms with Gasteiger partial charge in [-0.15, -0.1) is 0 Å². The standard InChI is InChI=1S/C15H18N2O/c1-2-18-15-10-6-9-13(17-15)11-14(16)12-7-4-3-5-8-12/h3-10,14H,2,11,16H2,1H3. The van der Waals surface area contributed by atoms with E-state index in [1.165, 1.54) is 0 Å². The average molecular weight is 242 g/mol. The molecular formula is C15H18N2O. The molecule has 2 aromatic rings. The lowest BCUT2D eigenvalue weighted by Gasteiger charge is -2.12. The predicted molar refractivity (Wildman–Crippen MR) is 72.5 cm³/mol. The van der Waals surface area contributed by atoms with E-state index in [0.29, 0.717) is 18.9 Å². The van der Waals surface area contributed by atoms with Crippen LogP contribution in [0.2, 0.25) is 0 Å². The molecule has 1 aromatic heterocycles. The summed E-state index contributed by atoms with van der Waals surface area (Å²) in [7, 11) is 0. The number of hydrogen-bond donors (Lipinski definition) is 1. The molecule has 0 bridgehead atoms. The van der Waals surface area contributed by atoms with E-state index < -0.39 is 0 Å². The fourth-order valence-electron chi connectivity index (χ4n) is 1.84. The normalized spacial score (nSPS) is 12.1. The van der Waals surface area contributed by atoms with Crippen LogP contribution in [0.1, 0.15) is 24.2 Å². The van der Waals surface area contributed by atoms with Gasteiger partial charge < -0.3 is 10.5 Å². The van der Waals surface area contributed by atoms with Gasteiger partial charge in [-0.05, 0) is 18.6 Å². The Kier molecular flexibility index (Phi) is 4.31. The Morgan fingerprint density at radius 1 is 1.11 bits per heavy atom. The number of hydrogen-bond acceptors (Lipinski definition) is 3. The summed E-state index contributed by atoms with van der Waals surface area (Å²) >= 11 is 0. The Bertz CT molecular complexity index is 485. The van der Waals surface area contributed by atoms with Crippen molar-refractivity contribution >= 4 is 0 Å². The quantitative estimate of drug-likeness (QED) is 0.877. The molecule has 0 radical (unpaired) electrons. The second kappa shape index (κ2) is 6.17. The molecular weight excluding hydrogens is 224 g/mol. The predicted octanol–water partition coefficient (Wildman–Crippen LogP) is 2.72. The van der Waals surface area contributed by atoms with E-state index >= 15 is 0 Å². The van der Waals surface area contributed by atoms with Crippen LogP contribution in [-0.4, -0.2) is 11.6 Å². The second-order valence-electron chi connectivity index (χ2n) is 4.12. The molecule has 0 spiro atoms. The Hall–Kier alpha value is -1.87. The highest BCUT2D eigenvalue weighted by molar-refractivity contribution is 5.22. The van der Waals surface area contributed by atoms with E-state index in [4.69, 9.17) is 10.5 Å². The van der Waals surface area contributed by atoms with Crippen LogP contribution in [0.15, 0.2) is 48.5 Å². The molecule has 1 unspecified atom stereocenters. The van der Waals surface area contributed by atoms with Crippen molar-refractivity contribution in [1.82, 2.24) is 4.98 Å². The molecule has 3 nitrogen and oxygen atoms in total. The smallest absolute Gasteiger partial charge is 0.213 e. The van der Waals surface area contributed by atoms with Crippen LogP contribution in [-0.2, 0) is 6.42 Å². The largest absolute Gasteiger partial charge is 0.478 e. The van der Waals surface area contributed by atoms with Crippen LogP contribution in [0.4, 0.5) is 0 Å². The molecule has 18 heavy (non-hydrogen) atoms. The molecule has 1 atom stereocenters. The van der Waals surface area contributed by atoms with Gasteiger partial charge in [0, 0.05) is 24.2 Å². The molecule has 0 aliphatic rings. The Morgan fingerprint density at radius 3 is 2.61 bits per heavy atom. The summed E-state index contributed by atoms with van der Waals surface area (Å²) in [5.41, 5.74) is 8.25. The van der Waals surface area contributed by atoms with Gasteiger partial charge in [0.1, 0.15) is 0 Å². The lowest BCUT2D eigenvalue weighted by molar-refractivity contribution is 0.325. The first-order chi connectivity index (χ1) is 8.79. The van der Waals surface area contributed by atoms with E-state index in [9.17, 15) is 0 Å². The minimum Gasteiger partial charge on any atom is -0.478 e. The number of aromatic nitrogens is 1. The monoisotopic (exact) mass is 242 g/mol. The van der Waals surface area contributed by atoms with Gasteiger partial charge in [0.15, 0.2) is 0 Å². The van der Waals surface area contributed by atoms with Gasteiger partial charge in [0.05, 0.1) is 6.61 Å². The van der Waals surface area contributed by atoms with Crippen LogP contribution in [0, 0.1) is 0 Å². The van der Waals surface area contributed by atoms with Crippen molar-refractivity contribution < 1.29 is 4.74 Å². The molecule has 1 aromatic carbocycles. The SMILES string of the molecule is CCOc1cccc(CC(N)c2ccccc2)n1. The molecule has 0 saturated heterocycles. The first kappa shape index (κ1) is 12.6. The molecule has 2 N–H and O–H groups in total. The molecule has 0 fully saturated rings. The van der Waals surface area contributed by atoms with Gasteiger partial charge in [0.2, 0.25) is 5.88 Å². The van der Waals surface area contributed by atoms with Gasteiger partial charge in [-0.2, -0.15) is 0 Å². The number of nitrogens with zero attached hydrogens (tertiary/aromatic N) is 1. The summed E-state index contributed by atoms with van der Waals surface area (Å²) in [6.07, 6.45) is 0.713. The van der Waals surface area contributed by atoms with E-state index in [0.717, 1.165) is 11.3 Å². The number of pyridine rings is 1. The lowest BCUT2D eigenvalue weighted by atomic mass is 10.0. The molecule has 3 heteroatoms. The zero-order valence-electron chi connectivity index (χ0n) is 10.5. The molecule has 0 saturated carbocycles. The van der Waals surface area contributed by atoms with Crippen LogP contribution in [0.5, 0.6) is 5.88 Å². The van der Waals surface area contributed by atoms with Crippen molar-refractivity contribution in [2.75, 3.05) is 6.61 Å². The summed E-state index contributed by atoms with van der Waals surface area (Å²) in [6, 6.07) is 15.8. The zero-order valence-corrected chi connectivity index (χ0v) is 10.5. The maximum atomic E-state index is 6.17. The van der Waals surface area contributed by atoms with Gasteiger partial charge in [-0.25, -0.2) is 4.98 Å². The first-order valence-electron chi connectivity index (χ1n) is 6.19. The number of benzene rings is 1. The minimum atomic E-state index is -0.0319. The highest BCUT2D eigenvalue weighted by Gasteiger charge is 2.08. The van der Waals surface area contributed by atoms with Crippen LogP contribution in [0.25, 0.3) is 0 Å². The summed E-state index contributed by atoms with van der Waals surface area (Å²) < 4.78 is 5.38. The van der Waals surface area contributed by atoms with Gasteiger partial charge in [-0.1, -0.05) is 36.4 Å². The Labute approximate surface area is 108 Å². The number of nitrogens with two attached hydrogens (primary N) is 1. The van der Waals surface area contributed by atoms with Crippen molar-refractivity contribution in [3.05, 3.63) is 59.8 Å². The Morgan fingerprint density at radius 2 is 1.89 bits per heavy atom. The van der Waals surface area contributed by atoms with Crippen molar-refractivity contribution in [2.45, 2.75) is 19.4 Å². The highest BCUT2D eigenvalue weighted by Crippen LogP contribution is 2.16. The maximum Gasteiger partial charge on any atom is 0.213 e. The van der Waals surface area contributed by atoms with Gasteiger partial charge in [-0.3, -0.25) is 0 Å². The third-order valence-corrected chi connectivity index (χ3v) is 2.73. The van der Waals surface area contributed by atoms with Crippen molar-refractivity contribution in [1.29, 1.82) is 0 Å². The van der Waals surface area contributed by atoms with E-state index in [1.807, 2.05) is 55.5 Å². The van der Waals surface area contributed by atoms with E-state index in [-0.39, 0.29) is 6.04 Å². The third kappa shape index (κ3) is 3.31. The molecule has 2 rings (SSSR count). The third-order valence-electron chi connectivity index (χ3n) is 2.73. The van der Waals surface area contributed by atoms with Crippen LogP contribution < -0.4 is 10.5 Å². The molecule has 94 valence electrons. The van der Waals surface area contributed by atoms with E-state index in [2.05, 4.69) is 4.98 Å².